The molecule has 0 spiro atoms. The third-order valence-corrected chi connectivity index (χ3v) is 6.94. The van der Waals surface area contributed by atoms with Gasteiger partial charge in [0.2, 0.25) is 0 Å². The molecule has 3 rings (SSSR count). The van der Waals surface area contributed by atoms with Gasteiger partial charge in [-0.05, 0) is 56.1 Å². The first-order chi connectivity index (χ1) is 18.3. The van der Waals surface area contributed by atoms with Crippen molar-refractivity contribution in [3.05, 3.63) is 59.7 Å². The molecule has 2 unspecified atom stereocenters. The van der Waals surface area contributed by atoms with E-state index in [4.69, 9.17) is 9.47 Å². The molecule has 1 aliphatic carbocycles. The number of esters is 1. The van der Waals surface area contributed by atoms with E-state index in [1.807, 2.05) is 6.92 Å². The van der Waals surface area contributed by atoms with Crippen molar-refractivity contribution in [2.24, 2.45) is 11.3 Å². The lowest BCUT2D eigenvalue weighted by Crippen LogP contribution is -2.49. The zero-order chi connectivity index (χ0) is 28.8. The summed E-state index contributed by atoms with van der Waals surface area (Å²) in [6.07, 6.45) is 1.16. The van der Waals surface area contributed by atoms with Crippen LogP contribution in [0.3, 0.4) is 0 Å². The maximum absolute atomic E-state index is 13.0. The van der Waals surface area contributed by atoms with Crippen molar-refractivity contribution in [2.45, 2.75) is 59.1 Å². The van der Waals surface area contributed by atoms with Crippen LogP contribution >= 0.6 is 0 Å². The van der Waals surface area contributed by atoms with Crippen LogP contribution in [0.1, 0.15) is 68.2 Å². The second-order valence-corrected chi connectivity index (χ2v) is 11.1. The number of amides is 1. The average Bonchev–Trinajstić information content (AvgIpc) is 3.66. The van der Waals surface area contributed by atoms with Gasteiger partial charge in [0, 0.05) is 11.1 Å². The van der Waals surface area contributed by atoms with Crippen LogP contribution in [0.25, 0.3) is 11.1 Å². The van der Waals surface area contributed by atoms with Gasteiger partial charge in [-0.25, -0.2) is 9.59 Å². The summed E-state index contributed by atoms with van der Waals surface area (Å²) in [5.74, 6) is -1.58. The molecule has 208 valence electrons. The topological polar surface area (TPSA) is 125 Å². The van der Waals surface area contributed by atoms with E-state index in [-0.39, 0.29) is 36.0 Å². The lowest BCUT2D eigenvalue weighted by atomic mass is 9.86. The molecule has 0 radical (unpaired) electrons. The summed E-state index contributed by atoms with van der Waals surface area (Å²) < 4.78 is 15.2. The Labute approximate surface area is 228 Å². The van der Waals surface area contributed by atoms with Gasteiger partial charge < -0.3 is 19.5 Å². The van der Waals surface area contributed by atoms with Crippen molar-refractivity contribution >= 4 is 30.1 Å². The van der Waals surface area contributed by atoms with E-state index in [0.29, 0.717) is 11.1 Å². The Morgan fingerprint density at radius 1 is 0.897 bits per heavy atom. The Morgan fingerprint density at radius 3 is 1.82 bits per heavy atom. The summed E-state index contributed by atoms with van der Waals surface area (Å²) in [7, 11) is 0. The van der Waals surface area contributed by atoms with Gasteiger partial charge in [-0.2, -0.15) is 0 Å². The van der Waals surface area contributed by atoms with Gasteiger partial charge >= 0.3 is 12.1 Å². The fraction of sp³-hybridized carbons (Fsp3) is 0.433. The lowest BCUT2D eigenvalue weighted by molar-refractivity contribution is -0.147. The van der Waals surface area contributed by atoms with E-state index in [2.05, 4.69) is 17.0 Å². The van der Waals surface area contributed by atoms with Crippen molar-refractivity contribution in [3.63, 3.8) is 0 Å². The summed E-state index contributed by atoms with van der Waals surface area (Å²) in [4.78, 5) is 60.3. The van der Waals surface area contributed by atoms with Crippen molar-refractivity contribution < 1.29 is 38.2 Å². The molecule has 0 bridgehead atoms. The van der Waals surface area contributed by atoms with Gasteiger partial charge in [-0.3, -0.25) is 14.4 Å². The normalized spacial score (nSPS) is 15.3. The molecule has 2 aromatic carbocycles. The quantitative estimate of drug-likeness (QED) is 0.178. The lowest BCUT2D eigenvalue weighted by Gasteiger charge is -2.29. The number of hydrogen-bond acceptors (Lipinski definition) is 8. The van der Waals surface area contributed by atoms with E-state index < -0.39 is 30.3 Å². The molecule has 9 nitrogen and oxygen atoms in total. The van der Waals surface area contributed by atoms with Crippen molar-refractivity contribution in [2.75, 3.05) is 13.2 Å². The van der Waals surface area contributed by atoms with Crippen LogP contribution < -0.4 is 5.32 Å². The highest BCUT2D eigenvalue weighted by atomic mass is 16.6. The second kappa shape index (κ2) is 12.2. The van der Waals surface area contributed by atoms with E-state index in [9.17, 15) is 24.0 Å². The smallest absolute Gasteiger partial charge is 0.408 e. The van der Waals surface area contributed by atoms with Gasteiger partial charge in [-0.15, -0.1) is 0 Å². The zero-order valence-corrected chi connectivity index (χ0v) is 22.9. The molecule has 0 aromatic heterocycles. The predicted octanol–water partition coefficient (Wildman–Crippen LogP) is 4.76. The zero-order valence-electron chi connectivity index (χ0n) is 22.9. The SMILES string of the molecule is CC(C(NC(=O)OC(C)(C)C)C(=O)OCC(=O)c1ccc(-c2ccc(C(=O)COC=O)cc2)cc1)C1(C)CC1. The summed E-state index contributed by atoms with van der Waals surface area (Å²) in [5.41, 5.74) is 1.61. The summed E-state index contributed by atoms with van der Waals surface area (Å²) in [5, 5.41) is 2.64. The van der Waals surface area contributed by atoms with Crippen LogP contribution in [0.2, 0.25) is 0 Å². The number of hydrogen-bond donors (Lipinski definition) is 1. The van der Waals surface area contributed by atoms with Crippen LogP contribution in [0.4, 0.5) is 4.79 Å². The van der Waals surface area contributed by atoms with Crippen LogP contribution in [-0.4, -0.2) is 55.0 Å². The Morgan fingerprint density at radius 2 is 1.38 bits per heavy atom. The van der Waals surface area contributed by atoms with E-state index in [1.165, 1.54) is 0 Å². The molecule has 0 saturated heterocycles. The molecular weight excluding hydrogens is 502 g/mol. The minimum Gasteiger partial charge on any atom is -0.459 e. The van der Waals surface area contributed by atoms with Crippen LogP contribution in [0.15, 0.2) is 48.5 Å². The van der Waals surface area contributed by atoms with Crippen molar-refractivity contribution in [1.82, 2.24) is 5.32 Å². The van der Waals surface area contributed by atoms with Crippen molar-refractivity contribution in [3.8, 4) is 11.1 Å². The molecule has 0 aliphatic heterocycles. The molecule has 1 fully saturated rings. The standard InChI is InChI=1S/C30H35NO8/c1-19(30(5)14-15-30)26(31-28(36)39-29(2,3)4)27(35)38-17-25(34)23-12-8-21(9-13-23)20-6-10-22(11-7-20)24(33)16-37-18-32/h6-13,18-19,26H,14-17H2,1-5H3,(H,31,36). The number of Topliss-reactive ketones (excluding diaryl/α,β-unsaturated/α-hetero) is 2. The predicted molar refractivity (Wildman–Crippen MR) is 143 cm³/mol. The third-order valence-electron chi connectivity index (χ3n) is 6.94. The maximum Gasteiger partial charge on any atom is 0.408 e. The highest BCUT2D eigenvalue weighted by Crippen LogP contribution is 2.52. The van der Waals surface area contributed by atoms with Gasteiger partial charge in [0.25, 0.3) is 6.47 Å². The molecule has 1 saturated carbocycles. The van der Waals surface area contributed by atoms with E-state index in [0.717, 1.165) is 24.0 Å². The first kappa shape index (κ1) is 29.5. The first-order valence-corrected chi connectivity index (χ1v) is 12.8. The fourth-order valence-corrected chi connectivity index (χ4v) is 4.08. The second-order valence-electron chi connectivity index (χ2n) is 11.1. The number of rotatable bonds is 12. The number of carbonyl (C=O) groups excluding carboxylic acids is 5. The molecule has 2 atom stereocenters. The number of alkyl carbamates (subject to hydrolysis) is 1. The molecule has 39 heavy (non-hydrogen) atoms. The molecule has 1 N–H and O–H groups in total. The van der Waals surface area contributed by atoms with Crippen LogP contribution in [0.5, 0.6) is 0 Å². The number of carbonyl (C=O) groups is 5. The number of nitrogens with one attached hydrogen (secondary N) is 1. The molecule has 2 aromatic rings. The highest BCUT2D eigenvalue weighted by Gasteiger charge is 2.48. The number of ketones is 2. The minimum atomic E-state index is -0.942. The summed E-state index contributed by atoms with van der Waals surface area (Å²) >= 11 is 0. The summed E-state index contributed by atoms with van der Waals surface area (Å²) in [6.45, 7) is 8.59. The first-order valence-electron chi connectivity index (χ1n) is 12.8. The fourth-order valence-electron chi connectivity index (χ4n) is 4.08. The molecule has 9 heteroatoms. The van der Waals surface area contributed by atoms with Crippen LogP contribution in [-0.2, 0) is 23.8 Å². The largest absolute Gasteiger partial charge is 0.459 e. The van der Waals surface area contributed by atoms with Crippen molar-refractivity contribution in [1.29, 1.82) is 0 Å². The molecule has 1 aliphatic rings. The number of ether oxygens (including phenoxy) is 3. The van der Waals surface area contributed by atoms with E-state index >= 15 is 0 Å². The van der Waals surface area contributed by atoms with Gasteiger partial charge in [0.05, 0.1) is 0 Å². The Kier molecular flexibility index (Phi) is 9.27. The van der Waals surface area contributed by atoms with Gasteiger partial charge in [-0.1, -0.05) is 62.4 Å². The number of benzene rings is 2. The van der Waals surface area contributed by atoms with Gasteiger partial charge in [0.1, 0.15) is 11.6 Å². The Balaban J connectivity index is 1.61. The molecule has 1 amide bonds. The summed E-state index contributed by atoms with van der Waals surface area (Å²) in [6, 6.07) is 12.6. The average molecular weight is 538 g/mol. The monoisotopic (exact) mass is 537 g/mol. The Bertz CT molecular complexity index is 1210. The van der Waals surface area contributed by atoms with Crippen LogP contribution in [0, 0.1) is 11.3 Å². The third kappa shape index (κ3) is 8.24. The van der Waals surface area contributed by atoms with E-state index in [1.54, 1.807) is 69.3 Å². The van der Waals surface area contributed by atoms with Gasteiger partial charge in [0.15, 0.2) is 24.8 Å². The molecule has 0 heterocycles. The molecular formula is C30H35NO8. The maximum atomic E-state index is 13.0. The minimum absolute atomic E-state index is 0.0900. The Hall–Kier alpha value is -4.01. The highest BCUT2D eigenvalue weighted by molar-refractivity contribution is 5.99.